The first-order valence-corrected chi connectivity index (χ1v) is 8.44. The van der Waals surface area contributed by atoms with Gasteiger partial charge >= 0.3 is 0 Å². The molecular weight excluding hydrogens is 345 g/mol. The van der Waals surface area contributed by atoms with Gasteiger partial charge in [-0.3, -0.25) is 4.79 Å². The summed E-state index contributed by atoms with van der Waals surface area (Å²) < 4.78 is 19.4. The predicted octanol–water partition coefficient (Wildman–Crippen LogP) is 3.36. The quantitative estimate of drug-likeness (QED) is 0.683. The van der Waals surface area contributed by atoms with E-state index in [2.05, 4.69) is 21.2 Å². The Morgan fingerprint density at radius 1 is 1.50 bits per heavy atom. The average molecular weight is 364 g/mol. The van der Waals surface area contributed by atoms with E-state index in [0.717, 1.165) is 10.9 Å². The summed E-state index contributed by atoms with van der Waals surface area (Å²) >= 11 is 4.62. The van der Waals surface area contributed by atoms with Crippen molar-refractivity contribution in [2.24, 2.45) is 0 Å². The summed E-state index contributed by atoms with van der Waals surface area (Å²) in [4.78, 5) is 11.5. The molecule has 1 rings (SSSR count). The Morgan fingerprint density at radius 3 is 3.00 bits per heavy atom. The molecule has 0 aliphatic rings. The van der Waals surface area contributed by atoms with Gasteiger partial charge in [-0.2, -0.15) is 0 Å². The first-order valence-electron chi connectivity index (χ1n) is 6.49. The van der Waals surface area contributed by atoms with Gasteiger partial charge in [0.15, 0.2) is 0 Å². The van der Waals surface area contributed by atoms with E-state index < -0.39 is 0 Å². The lowest BCUT2D eigenvalue weighted by Crippen LogP contribution is -2.27. The van der Waals surface area contributed by atoms with Crippen molar-refractivity contribution in [1.82, 2.24) is 5.32 Å². The van der Waals surface area contributed by atoms with E-state index in [1.54, 1.807) is 12.1 Å². The number of carbonyl (C=O) groups is 1. The Hall–Kier alpha value is -0.590. The molecule has 0 heterocycles. The topological polar surface area (TPSA) is 38.3 Å². The SMILES string of the molecule is CCOCCCNC(=O)CSCc1ccc(Br)cc1F. The predicted molar refractivity (Wildman–Crippen MR) is 84.4 cm³/mol. The van der Waals surface area contributed by atoms with Gasteiger partial charge in [0.2, 0.25) is 5.91 Å². The number of benzene rings is 1. The Morgan fingerprint density at radius 2 is 2.30 bits per heavy atom. The maximum atomic E-state index is 13.5. The smallest absolute Gasteiger partial charge is 0.230 e. The monoisotopic (exact) mass is 363 g/mol. The number of halogens is 2. The van der Waals surface area contributed by atoms with E-state index in [4.69, 9.17) is 4.74 Å². The highest BCUT2D eigenvalue weighted by molar-refractivity contribution is 9.10. The molecule has 0 aromatic heterocycles. The van der Waals surface area contributed by atoms with Crippen molar-refractivity contribution in [1.29, 1.82) is 0 Å². The maximum Gasteiger partial charge on any atom is 0.230 e. The zero-order valence-electron chi connectivity index (χ0n) is 11.5. The van der Waals surface area contributed by atoms with E-state index in [0.29, 0.717) is 36.8 Å². The summed E-state index contributed by atoms with van der Waals surface area (Å²) in [6, 6.07) is 4.96. The van der Waals surface area contributed by atoms with Gasteiger partial charge in [0.25, 0.3) is 0 Å². The summed E-state index contributed by atoms with van der Waals surface area (Å²) in [7, 11) is 0. The molecule has 0 atom stereocenters. The van der Waals surface area contributed by atoms with Crippen LogP contribution in [0, 0.1) is 5.82 Å². The van der Waals surface area contributed by atoms with Crippen LogP contribution in [-0.4, -0.2) is 31.4 Å². The van der Waals surface area contributed by atoms with Gasteiger partial charge in [-0.15, -0.1) is 11.8 Å². The molecule has 20 heavy (non-hydrogen) atoms. The summed E-state index contributed by atoms with van der Waals surface area (Å²) in [5.41, 5.74) is 0.613. The molecule has 0 saturated heterocycles. The molecule has 0 bridgehead atoms. The lowest BCUT2D eigenvalue weighted by atomic mass is 10.2. The van der Waals surface area contributed by atoms with Gasteiger partial charge in [0, 0.05) is 30.0 Å². The van der Waals surface area contributed by atoms with E-state index in [-0.39, 0.29) is 11.7 Å². The number of rotatable bonds is 9. The normalized spacial score (nSPS) is 10.6. The Bertz CT molecular complexity index is 432. The van der Waals surface area contributed by atoms with Crippen molar-refractivity contribution in [3.8, 4) is 0 Å². The third kappa shape index (κ3) is 7.26. The molecule has 1 aromatic carbocycles. The average Bonchev–Trinajstić information content (AvgIpc) is 2.41. The van der Waals surface area contributed by atoms with Gasteiger partial charge in [0.05, 0.1) is 5.75 Å². The highest BCUT2D eigenvalue weighted by atomic mass is 79.9. The van der Waals surface area contributed by atoms with Gasteiger partial charge in [-0.05, 0) is 31.0 Å². The molecule has 0 saturated carbocycles. The third-order valence-electron chi connectivity index (χ3n) is 2.50. The summed E-state index contributed by atoms with van der Waals surface area (Å²) in [6.07, 6.45) is 0.811. The minimum absolute atomic E-state index is 0.0241. The molecule has 0 aliphatic heterocycles. The summed E-state index contributed by atoms with van der Waals surface area (Å²) in [5, 5.41) is 2.81. The van der Waals surface area contributed by atoms with Gasteiger partial charge in [0.1, 0.15) is 5.82 Å². The Kier molecular flexibility index (Phi) is 8.89. The molecule has 1 N–H and O–H groups in total. The lowest BCUT2D eigenvalue weighted by Gasteiger charge is -2.06. The molecule has 1 aromatic rings. The molecule has 0 fully saturated rings. The van der Waals surface area contributed by atoms with Crippen LogP contribution in [0.4, 0.5) is 4.39 Å². The highest BCUT2D eigenvalue weighted by Gasteiger charge is 2.05. The fourth-order valence-electron chi connectivity index (χ4n) is 1.49. The molecule has 112 valence electrons. The maximum absolute atomic E-state index is 13.5. The number of carbonyl (C=O) groups excluding carboxylic acids is 1. The largest absolute Gasteiger partial charge is 0.382 e. The van der Waals surface area contributed by atoms with E-state index in [1.165, 1.54) is 17.8 Å². The first kappa shape index (κ1) is 17.5. The van der Waals surface area contributed by atoms with Crippen molar-refractivity contribution in [3.63, 3.8) is 0 Å². The molecule has 6 heteroatoms. The van der Waals surface area contributed by atoms with Gasteiger partial charge in [-0.25, -0.2) is 4.39 Å². The van der Waals surface area contributed by atoms with Crippen LogP contribution in [-0.2, 0) is 15.3 Å². The number of amides is 1. The molecule has 3 nitrogen and oxygen atoms in total. The van der Waals surface area contributed by atoms with Crippen LogP contribution < -0.4 is 5.32 Å². The van der Waals surface area contributed by atoms with E-state index in [1.807, 2.05) is 6.92 Å². The number of ether oxygens (including phenoxy) is 1. The van der Waals surface area contributed by atoms with Crippen molar-refractivity contribution in [2.45, 2.75) is 19.1 Å². The highest BCUT2D eigenvalue weighted by Crippen LogP contribution is 2.19. The second-order valence-electron chi connectivity index (χ2n) is 4.13. The Balaban J connectivity index is 2.15. The minimum atomic E-state index is -0.246. The van der Waals surface area contributed by atoms with Crippen molar-refractivity contribution < 1.29 is 13.9 Å². The zero-order valence-corrected chi connectivity index (χ0v) is 13.9. The van der Waals surface area contributed by atoms with Crippen LogP contribution >= 0.6 is 27.7 Å². The van der Waals surface area contributed by atoms with Crippen LogP contribution in [0.5, 0.6) is 0 Å². The number of thioether (sulfide) groups is 1. The van der Waals surface area contributed by atoms with Crippen LogP contribution in [0.25, 0.3) is 0 Å². The molecule has 0 unspecified atom stereocenters. The second-order valence-corrected chi connectivity index (χ2v) is 6.03. The van der Waals surface area contributed by atoms with E-state index in [9.17, 15) is 9.18 Å². The Labute approximate surface area is 131 Å². The number of hydrogen-bond acceptors (Lipinski definition) is 3. The van der Waals surface area contributed by atoms with Crippen LogP contribution in [0.15, 0.2) is 22.7 Å². The lowest BCUT2D eigenvalue weighted by molar-refractivity contribution is -0.118. The van der Waals surface area contributed by atoms with Crippen LogP contribution in [0.1, 0.15) is 18.9 Å². The first-order chi connectivity index (χ1) is 9.63. The van der Waals surface area contributed by atoms with Crippen molar-refractivity contribution in [2.75, 3.05) is 25.5 Å². The molecule has 0 radical (unpaired) electrons. The number of hydrogen-bond donors (Lipinski definition) is 1. The zero-order chi connectivity index (χ0) is 14.8. The van der Waals surface area contributed by atoms with Crippen LogP contribution in [0.3, 0.4) is 0 Å². The second kappa shape index (κ2) is 10.2. The standard InChI is InChI=1S/C14H19BrFNO2S/c1-2-19-7-3-6-17-14(18)10-20-9-11-4-5-12(15)8-13(11)16/h4-5,8H,2-3,6-7,9-10H2,1H3,(H,17,18). The minimum Gasteiger partial charge on any atom is -0.382 e. The summed E-state index contributed by atoms with van der Waals surface area (Å²) in [6.45, 7) is 3.92. The van der Waals surface area contributed by atoms with Gasteiger partial charge in [-0.1, -0.05) is 22.0 Å². The fourth-order valence-corrected chi connectivity index (χ4v) is 2.67. The van der Waals surface area contributed by atoms with Crippen molar-refractivity contribution in [3.05, 3.63) is 34.1 Å². The molecule has 0 aliphatic carbocycles. The molecule has 0 spiro atoms. The van der Waals surface area contributed by atoms with Crippen molar-refractivity contribution >= 4 is 33.6 Å². The third-order valence-corrected chi connectivity index (χ3v) is 3.97. The van der Waals surface area contributed by atoms with Gasteiger partial charge < -0.3 is 10.1 Å². The molecular formula is C14H19BrFNO2S. The summed E-state index contributed by atoms with van der Waals surface area (Å²) in [5.74, 6) is 0.559. The van der Waals surface area contributed by atoms with E-state index >= 15 is 0 Å². The molecule has 1 amide bonds. The number of nitrogens with one attached hydrogen (secondary N) is 1. The fraction of sp³-hybridized carbons (Fsp3) is 0.500. The van der Waals surface area contributed by atoms with Crippen LogP contribution in [0.2, 0.25) is 0 Å².